The van der Waals surface area contributed by atoms with Gasteiger partial charge in [0, 0.05) is 41.9 Å². The molecule has 2 aromatic rings. The van der Waals surface area contributed by atoms with Gasteiger partial charge < -0.3 is 19.6 Å². The van der Waals surface area contributed by atoms with E-state index in [0.29, 0.717) is 23.6 Å². The summed E-state index contributed by atoms with van der Waals surface area (Å²) in [7, 11) is -2.79. The first-order valence-corrected chi connectivity index (χ1v) is 14.3. The van der Waals surface area contributed by atoms with E-state index in [1.165, 1.54) is 0 Å². The highest BCUT2D eigenvalue weighted by atomic mass is 32.3. The van der Waals surface area contributed by atoms with Gasteiger partial charge in [-0.1, -0.05) is 6.07 Å². The largest absolute Gasteiger partial charge is 0.457 e. The summed E-state index contributed by atoms with van der Waals surface area (Å²) in [5, 5.41) is 12.6. The molecule has 8 heteroatoms. The zero-order valence-corrected chi connectivity index (χ0v) is 21.7. The fraction of sp³-hybridized carbons (Fsp3) is 0.464. The van der Waals surface area contributed by atoms with Crippen LogP contribution in [0.5, 0.6) is 0 Å². The Morgan fingerprint density at radius 1 is 1.06 bits per heavy atom. The summed E-state index contributed by atoms with van der Waals surface area (Å²) in [6, 6.07) is 9.68. The quantitative estimate of drug-likeness (QED) is 0.488. The second-order valence-electron chi connectivity index (χ2n) is 10.9. The van der Waals surface area contributed by atoms with Gasteiger partial charge in [0.2, 0.25) is 0 Å². The second kappa shape index (κ2) is 8.60. The third-order valence-corrected chi connectivity index (χ3v) is 10.5. The van der Waals surface area contributed by atoms with Crippen LogP contribution in [0.2, 0.25) is 0 Å². The van der Waals surface area contributed by atoms with Crippen LogP contribution in [0.1, 0.15) is 64.9 Å². The summed E-state index contributed by atoms with van der Waals surface area (Å²) in [5.74, 6) is -0.274. The Hall–Kier alpha value is -2.36. The van der Waals surface area contributed by atoms with Crippen molar-refractivity contribution in [2.75, 3.05) is 37.6 Å². The molecule has 2 saturated heterocycles. The average Bonchev–Trinajstić information content (AvgIpc) is 3.50. The van der Waals surface area contributed by atoms with Crippen LogP contribution in [0.4, 0.5) is 5.69 Å². The summed E-state index contributed by atoms with van der Waals surface area (Å²) < 4.78 is 25.8. The van der Waals surface area contributed by atoms with Gasteiger partial charge in [-0.25, -0.2) is 4.79 Å². The highest BCUT2D eigenvalue weighted by molar-refractivity contribution is 8.27. The summed E-state index contributed by atoms with van der Waals surface area (Å²) in [6.07, 6.45) is 2.77. The number of aliphatic hydroxyl groups is 1. The molecule has 1 unspecified atom stereocenters. The van der Waals surface area contributed by atoms with Crippen molar-refractivity contribution >= 4 is 27.8 Å². The Labute approximate surface area is 213 Å². The third kappa shape index (κ3) is 3.96. The third-order valence-electron chi connectivity index (χ3n) is 8.77. The number of hydrogen-bond acceptors (Lipinski definition) is 7. The van der Waals surface area contributed by atoms with Gasteiger partial charge in [-0.15, -0.1) is 10.6 Å². The van der Waals surface area contributed by atoms with Crippen molar-refractivity contribution in [1.29, 1.82) is 0 Å². The minimum Gasteiger partial charge on any atom is -0.457 e. The minimum atomic E-state index is -2.79. The summed E-state index contributed by atoms with van der Waals surface area (Å²) in [6.45, 7) is 8.75. The predicted molar refractivity (Wildman–Crippen MR) is 141 cm³/mol. The molecule has 3 N–H and O–H groups in total. The number of esters is 1. The van der Waals surface area contributed by atoms with Crippen LogP contribution >= 0.6 is 10.6 Å². The predicted octanol–water partition coefficient (Wildman–Crippen LogP) is 5.18. The topological polar surface area (TPSA) is 93.5 Å². The van der Waals surface area contributed by atoms with E-state index in [-0.39, 0.29) is 11.4 Å². The number of carbonyl (C=O) groups excluding carboxylic acids is 1. The van der Waals surface area contributed by atoms with Gasteiger partial charge in [-0.05, 0) is 92.6 Å². The molecule has 4 heterocycles. The SMILES string of the molecule is CC1=CS(O)(O)c2ccc(N3CCC4(CCN(CC(O)c5ccc6c(c5C)COC6=O)CC4)C3)cc21. The number of allylic oxidation sites excluding steroid dienone is 1. The van der Waals surface area contributed by atoms with Gasteiger partial charge in [0.1, 0.15) is 6.61 Å². The van der Waals surface area contributed by atoms with Crippen molar-refractivity contribution in [3.63, 3.8) is 0 Å². The minimum absolute atomic E-state index is 0.274. The molecule has 0 radical (unpaired) electrons. The number of nitrogens with zero attached hydrogens (tertiary/aromatic N) is 2. The number of likely N-dealkylation sites (tertiary alicyclic amines) is 1. The second-order valence-corrected chi connectivity index (χ2v) is 12.8. The van der Waals surface area contributed by atoms with Gasteiger partial charge in [0.05, 0.1) is 16.6 Å². The number of benzene rings is 2. The molecule has 36 heavy (non-hydrogen) atoms. The number of ether oxygens (including phenoxy) is 1. The molecule has 4 aliphatic rings. The van der Waals surface area contributed by atoms with E-state index in [2.05, 4.69) is 15.9 Å². The van der Waals surface area contributed by atoms with Crippen LogP contribution < -0.4 is 4.90 Å². The maximum atomic E-state index is 11.8. The Balaban J connectivity index is 1.08. The van der Waals surface area contributed by atoms with Crippen LogP contribution in [0, 0.1) is 12.3 Å². The zero-order chi connectivity index (χ0) is 25.2. The van der Waals surface area contributed by atoms with E-state index >= 15 is 0 Å². The van der Waals surface area contributed by atoms with Crippen molar-refractivity contribution in [2.45, 2.75) is 50.7 Å². The first kappa shape index (κ1) is 24.0. The van der Waals surface area contributed by atoms with Crippen LogP contribution in [0.25, 0.3) is 5.57 Å². The van der Waals surface area contributed by atoms with Gasteiger partial charge >= 0.3 is 5.97 Å². The van der Waals surface area contributed by atoms with E-state index in [4.69, 9.17) is 4.74 Å². The molecule has 6 rings (SSSR count). The lowest BCUT2D eigenvalue weighted by Crippen LogP contribution is -2.43. The molecule has 192 valence electrons. The van der Waals surface area contributed by atoms with E-state index < -0.39 is 16.7 Å². The van der Waals surface area contributed by atoms with Crippen molar-refractivity contribution < 1.29 is 23.7 Å². The van der Waals surface area contributed by atoms with Crippen LogP contribution in [0.3, 0.4) is 0 Å². The molecule has 0 bridgehead atoms. The van der Waals surface area contributed by atoms with Gasteiger partial charge in [-0.2, -0.15) is 0 Å². The van der Waals surface area contributed by atoms with Crippen LogP contribution in [0.15, 0.2) is 40.6 Å². The molecule has 0 saturated carbocycles. The number of hydrogen-bond donors (Lipinski definition) is 3. The Kier molecular flexibility index (Phi) is 5.73. The Morgan fingerprint density at radius 3 is 2.58 bits per heavy atom. The molecule has 1 atom stereocenters. The van der Waals surface area contributed by atoms with E-state index in [1.807, 2.05) is 32.0 Å². The number of piperidine rings is 1. The molecule has 7 nitrogen and oxygen atoms in total. The molecule has 0 aliphatic carbocycles. The van der Waals surface area contributed by atoms with Gasteiger partial charge in [-0.3, -0.25) is 9.11 Å². The standard InChI is InChI=1S/C28H34N2O5S/c1-18-16-36(33,34)26-6-3-20(13-23(18)26)30-12-9-28(17-30)7-10-29(11-8-28)14-25(31)21-4-5-22-24(19(21)2)15-35-27(22)32/h3-6,13,16,25,31,33-34H,7-12,14-15,17H2,1-2H3. The van der Waals surface area contributed by atoms with E-state index in [9.17, 15) is 19.0 Å². The van der Waals surface area contributed by atoms with E-state index in [1.54, 1.807) is 11.5 Å². The number of rotatable bonds is 4. The molecular formula is C28H34N2O5S. The zero-order valence-electron chi connectivity index (χ0n) is 20.9. The van der Waals surface area contributed by atoms with Crippen LogP contribution in [-0.4, -0.2) is 57.8 Å². The number of carbonyl (C=O) groups is 1. The summed E-state index contributed by atoms with van der Waals surface area (Å²) in [4.78, 5) is 17.3. The molecule has 0 aromatic heterocycles. The Bertz CT molecular complexity index is 1260. The Morgan fingerprint density at radius 2 is 1.81 bits per heavy atom. The number of fused-ring (bicyclic) bond motifs is 2. The van der Waals surface area contributed by atoms with E-state index in [0.717, 1.165) is 79.0 Å². The average molecular weight is 511 g/mol. The molecule has 0 amide bonds. The lowest BCUT2D eigenvalue weighted by molar-refractivity contribution is 0.0534. The maximum Gasteiger partial charge on any atom is 0.338 e. The van der Waals surface area contributed by atoms with Crippen molar-refractivity contribution in [3.8, 4) is 0 Å². The molecule has 1 spiro atoms. The number of cyclic esters (lactones) is 1. The molecule has 4 aliphatic heterocycles. The lowest BCUT2D eigenvalue weighted by atomic mass is 9.77. The highest BCUT2D eigenvalue weighted by Gasteiger charge is 2.41. The van der Waals surface area contributed by atoms with Gasteiger partial charge in [0.15, 0.2) is 0 Å². The maximum absolute atomic E-state index is 11.8. The first-order chi connectivity index (χ1) is 17.2. The fourth-order valence-electron chi connectivity index (χ4n) is 6.50. The van der Waals surface area contributed by atoms with Crippen molar-refractivity contribution in [3.05, 3.63) is 63.6 Å². The lowest BCUT2D eigenvalue weighted by Gasteiger charge is -2.40. The molecule has 2 fully saturated rings. The number of anilines is 1. The summed E-state index contributed by atoms with van der Waals surface area (Å²) in [5.41, 5.74) is 6.71. The number of aliphatic hydroxyl groups excluding tert-OH is 1. The normalized spacial score (nSPS) is 23.9. The molecule has 2 aromatic carbocycles. The first-order valence-electron chi connectivity index (χ1n) is 12.7. The summed E-state index contributed by atoms with van der Waals surface area (Å²) >= 11 is 0. The number of β-amino-alcohol motifs (C(OH)–C–C–N with tert-alkyl or cyclic N) is 1. The van der Waals surface area contributed by atoms with Crippen molar-refractivity contribution in [2.24, 2.45) is 5.41 Å². The monoisotopic (exact) mass is 510 g/mol. The molecular weight excluding hydrogens is 476 g/mol. The smallest absolute Gasteiger partial charge is 0.338 e. The highest BCUT2D eigenvalue weighted by Crippen LogP contribution is 2.59. The van der Waals surface area contributed by atoms with Gasteiger partial charge in [0.25, 0.3) is 0 Å². The fourth-order valence-corrected chi connectivity index (χ4v) is 8.06. The van der Waals surface area contributed by atoms with Crippen LogP contribution in [-0.2, 0) is 11.3 Å². The van der Waals surface area contributed by atoms with Crippen molar-refractivity contribution in [1.82, 2.24) is 4.90 Å².